The fourth-order valence-electron chi connectivity index (χ4n) is 1.35. The molecular formula is C10H14N2O4S. The highest BCUT2D eigenvalue weighted by Crippen LogP contribution is 2.15. The zero-order valence-electron chi connectivity index (χ0n) is 9.56. The summed E-state index contributed by atoms with van der Waals surface area (Å²) in [5, 5.41) is 7.45. The third-order valence-electron chi connectivity index (χ3n) is 2.10. The van der Waals surface area contributed by atoms with Crippen molar-refractivity contribution in [1.29, 1.82) is 0 Å². The third-order valence-corrected chi connectivity index (χ3v) is 2.99. The van der Waals surface area contributed by atoms with Gasteiger partial charge in [-0.05, 0) is 23.8 Å². The Labute approximate surface area is 99.8 Å². The molecule has 7 heteroatoms. The van der Waals surface area contributed by atoms with Gasteiger partial charge in [0.1, 0.15) is 0 Å². The zero-order valence-corrected chi connectivity index (χ0v) is 10.4. The highest BCUT2D eigenvalue weighted by Gasteiger charge is 2.13. The summed E-state index contributed by atoms with van der Waals surface area (Å²) in [4.78, 5) is 11.4. The molecule has 0 aliphatic heterocycles. The average Bonchev–Trinajstić information content (AvgIpc) is 2.27. The number of rotatable bonds is 4. The molecule has 0 radical (unpaired) electrons. The summed E-state index contributed by atoms with van der Waals surface area (Å²) in [6.07, 6.45) is 0. The first-order valence-electron chi connectivity index (χ1n) is 4.76. The van der Waals surface area contributed by atoms with Crippen LogP contribution in [0.2, 0.25) is 0 Å². The van der Waals surface area contributed by atoms with E-state index in [4.69, 9.17) is 9.88 Å². The summed E-state index contributed by atoms with van der Waals surface area (Å²) in [5.74, 6) is -0.382. The van der Waals surface area contributed by atoms with Gasteiger partial charge in [-0.3, -0.25) is 4.79 Å². The van der Waals surface area contributed by atoms with Crippen molar-refractivity contribution >= 4 is 15.9 Å². The molecule has 0 fully saturated rings. The quantitative estimate of drug-likeness (QED) is 0.784. The molecule has 0 aliphatic carbocycles. The summed E-state index contributed by atoms with van der Waals surface area (Å²) in [6.45, 7) is 0.202. The number of nitrogens with two attached hydrogens (primary N) is 1. The van der Waals surface area contributed by atoms with Crippen LogP contribution in [-0.4, -0.2) is 28.5 Å². The van der Waals surface area contributed by atoms with Crippen LogP contribution in [0.15, 0.2) is 23.1 Å². The minimum Gasteiger partial charge on any atom is -0.380 e. The summed E-state index contributed by atoms with van der Waals surface area (Å²) < 4.78 is 27.4. The minimum atomic E-state index is -3.84. The number of carbonyl (C=O) groups is 1. The molecule has 0 aromatic heterocycles. The summed E-state index contributed by atoms with van der Waals surface area (Å²) in [7, 11) is -0.908. The van der Waals surface area contributed by atoms with Crippen molar-refractivity contribution in [2.45, 2.75) is 11.5 Å². The number of sulfonamides is 1. The molecule has 0 saturated heterocycles. The van der Waals surface area contributed by atoms with Gasteiger partial charge in [0.15, 0.2) is 0 Å². The zero-order chi connectivity index (χ0) is 13.1. The Balaban J connectivity index is 3.33. The molecular weight excluding hydrogens is 244 g/mol. The Morgan fingerprint density at radius 2 is 2.06 bits per heavy atom. The molecule has 1 rings (SSSR count). The lowest BCUT2D eigenvalue weighted by atomic mass is 10.1. The van der Waals surface area contributed by atoms with Crippen LogP contribution in [-0.2, 0) is 21.4 Å². The van der Waals surface area contributed by atoms with Crippen LogP contribution in [0, 0.1) is 0 Å². The second-order valence-corrected chi connectivity index (χ2v) is 4.98. The monoisotopic (exact) mass is 258 g/mol. The van der Waals surface area contributed by atoms with Crippen molar-refractivity contribution in [1.82, 2.24) is 5.32 Å². The van der Waals surface area contributed by atoms with Gasteiger partial charge in [-0.25, -0.2) is 13.6 Å². The van der Waals surface area contributed by atoms with E-state index in [1.54, 1.807) is 6.07 Å². The van der Waals surface area contributed by atoms with Gasteiger partial charge in [0.2, 0.25) is 10.0 Å². The molecule has 0 unspecified atom stereocenters. The van der Waals surface area contributed by atoms with Crippen molar-refractivity contribution in [2.24, 2.45) is 5.14 Å². The largest absolute Gasteiger partial charge is 0.380 e. The molecule has 1 aromatic carbocycles. The number of methoxy groups -OCH3 is 1. The predicted octanol–water partition coefficient (Wildman–Crippen LogP) is -0.160. The second kappa shape index (κ2) is 5.26. The molecule has 3 N–H and O–H groups in total. The predicted molar refractivity (Wildman–Crippen MR) is 61.9 cm³/mol. The van der Waals surface area contributed by atoms with E-state index in [9.17, 15) is 13.2 Å². The first kappa shape index (κ1) is 13.6. The maximum absolute atomic E-state index is 11.5. The highest BCUT2D eigenvalue weighted by molar-refractivity contribution is 7.89. The van der Waals surface area contributed by atoms with E-state index in [1.807, 2.05) is 0 Å². The van der Waals surface area contributed by atoms with E-state index in [1.165, 1.54) is 26.3 Å². The number of ether oxygens (including phenoxy) is 1. The summed E-state index contributed by atoms with van der Waals surface area (Å²) in [6, 6.07) is 4.16. The number of hydrogen-bond donors (Lipinski definition) is 2. The van der Waals surface area contributed by atoms with Gasteiger partial charge in [0, 0.05) is 19.7 Å². The molecule has 0 bridgehead atoms. The van der Waals surface area contributed by atoms with Crippen molar-refractivity contribution < 1.29 is 17.9 Å². The molecule has 1 aromatic rings. The standard InChI is InChI=1S/C10H14N2O4S/c1-12-10(13)8-3-7(6-16-2)4-9(5-8)17(11,14)15/h3-5H,6H2,1-2H3,(H,12,13)(H2,11,14,15). The molecule has 0 heterocycles. The van der Waals surface area contributed by atoms with Gasteiger partial charge in [-0.1, -0.05) is 0 Å². The van der Waals surface area contributed by atoms with Crippen LogP contribution >= 0.6 is 0 Å². The van der Waals surface area contributed by atoms with Crippen LogP contribution in [0.5, 0.6) is 0 Å². The Kier molecular flexibility index (Phi) is 4.22. The lowest BCUT2D eigenvalue weighted by Gasteiger charge is -2.07. The van der Waals surface area contributed by atoms with E-state index in [2.05, 4.69) is 5.32 Å². The summed E-state index contributed by atoms with van der Waals surface area (Å²) in [5.41, 5.74) is 0.795. The molecule has 0 saturated carbocycles. The second-order valence-electron chi connectivity index (χ2n) is 3.42. The lowest BCUT2D eigenvalue weighted by Crippen LogP contribution is -2.20. The van der Waals surface area contributed by atoms with E-state index in [0.29, 0.717) is 5.56 Å². The Morgan fingerprint density at radius 3 is 2.53 bits per heavy atom. The van der Waals surface area contributed by atoms with Gasteiger partial charge in [0.25, 0.3) is 5.91 Å². The molecule has 1 amide bonds. The SMILES string of the molecule is CNC(=O)c1cc(COC)cc(S(N)(=O)=O)c1. The summed E-state index contributed by atoms with van der Waals surface area (Å²) >= 11 is 0. The lowest BCUT2D eigenvalue weighted by molar-refractivity contribution is 0.0962. The average molecular weight is 258 g/mol. The van der Waals surface area contributed by atoms with Crippen molar-refractivity contribution in [3.63, 3.8) is 0 Å². The minimum absolute atomic E-state index is 0.106. The number of nitrogens with one attached hydrogen (secondary N) is 1. The number of primary sulfonamides is 1. The van der Waals surface area contributed by atoms with Gasteiger partial charge in [-0.15, -0.1) is 0 Å². The van der Waals surface area contributed by atoms with E-state index < -0.39 is 10.0 Å². The molecule has 0 spiro atoms. The molecule has 0 aliphatic rings. The van der Waals surface area contributed by atoms with Crippen molar-refractivity contribution in [2.75, 3.05) is 14.2 Å². The van der Waals surface area contributed by atoms with E-state index >= 15 is 0 Å². The molecule has 17 heavy (non-hydrogen) atoms. The van der Waals surface area contributed by atoms with E-state index in [0.717, 1.165) is 0 Å². The first-order chi connectivity index (χ1) is 7.88. The van der Waals surface area contributed by atoms with Gasteiger partial charge in [-0.2, -0.15) is 0 Å². The smallest absolute Gasteiger partial charge is 0.251 e. The van der Waals surface area contributed by atoms with Crippen LogP contribution < -0.4 is 10.5 Å². The maximum atomic E-state index is 11.5. The molecule has 6 nitrogen and oxygen atoms in total. The van der Waals surface area contributed by atoms with Crippen LogP contribution in [0.25, 0.3) is 0 Å². The Bertz CT molecular complexity index is 525. The Morgan fingerprint density at radius 1 is 1.41 bits per heavy atom. The maximum Gasteiger partial charge on any atom is 0.251 e. The fraction of sp³-hybridized carbons (Fsp3) is 0.300. The molecule has 0 atom stereocenters. The normalized spacial score (nSPS) is 11.2. The van der Waals surface area contributed by atoms with Crippen LogP contribution in [0.4, 0.5) is 0 Å². The van der Waals surface area contributed by atoms with Gasteiger partial charge in [0.05, 0.1) is 11.5 Å². The van der Waals surface area contributed by atoms with Gasteiger partial charge < -0.3 is 10.1 Å². The van der Waals surface area contributed by atoms with Gasteiger partial charge >= 0.3 is 0 Å². The fourth-order valence-corrected chi connectivity index (χ4v) is 1.96. The number of hydrogen-bond acceptors (Lipinski definition) is 4. The van der Waals surface area contributed by atoms with Crippen molar-refractivity contribution in [3.05, 3.63) is 29.3 Å². The van der Waals surface area contributed by atoms with Crippen LogP contribution in [0.3, 0.4) is 0 Å². The topological polar surface area (TPSA) is 98.5 Å². The molecule has 94 valence electrons. The number of amides is 1. The van der Waals surface area contributed by atoms with Crippen molar-refractivity contribution in [3.8, 4) is 0 Å². The van der Waals surface area contributed by atoms with Crippen LogP contribution in [0.1, 0.15) is 15.9 Å². The number of carbonyl (C=O) groups excluding carboxylic acids is 1. The number of benzene rings is 1. The van der Waals surface area contributed by atoms with E-state index in [-0.39, 0.29) is 23.0 Å². The first-order valence-corrected chi connectivity index (χ1v) is 6.31. The highest BCUT2D eigenvalue weighted by atomic mass is 32.2. The Hall–Kier alpha value is -1.44. The third kappa shape index (κ3) is 3.52.